The molecule has 0 atom stereocenters. The molecule has 22 heavy (non-hydrogen) atoms. The zero-order valence-corrected chi connectivity index (χ0v) is 12.1. The number of aliphatic hydroxyl groups is 1. The summed E-state index contributed by atoms with van der Waals surface area (Å²) in [6.45, 7) is 1.46. The van der Waals surface area contributed by atoms with Gasteiger partial charge in [0.15, 0.2) is 0 Å². The number of hydrogen-bond acceptors (Lipinski definition) is 4. The van der Waals surface area contributed by atoms with Crippen molar-refractivity contribution < 1.29 is 27.6 Å². The Labute approximate surface area is 124 Å². The van der Waals surface area contributed by atoms with Crippen molar-refractivity contribution in [3.05, 3.63) is 17.0 Å². The van der Waals surface area contributed by atoms with Crippen LogP contribution in [0.4, 0.5) is 13.2 Å². The summed E-state index contributed by atoms with van der Waals surface area (Å²) >= 11 is 0. The number of carbonyl (C=O) groups excluding carboxylic acids is 1. The second kappa shape index (κ2) is 4.71. The molecule has 0 aromatic carbocycles. The van der Waals surface area contributed by atoms with Gasteiger partial charge in [0, 0.05) is 12.0 Å². The van der Waals surface area contributed by atoms with Crippen LogP contribution in [0.25, 0.3) is 0 Å². The smallest absolute Gasteiger partial charge is 0.389 e. The van der Waals surface area contributed by atoms with Gasteiger partial charge in [0.25, 0.3) is 11.7 Å². The van der Waals surface area contributed by atoms with E-state index in [-0.39, 0.29) is 17.7 Å². The predicted molar refractivity (Wildman–Crippen MR) is 69.0 cm³/mol. The van der Waals surface area contributed by atoms with Gasteiger partial charge < -0.3 is 14.9 Å². The fourth-order valence-corrected chi connectivity index (χ4v) is 3.17. The van der Waals surface area contributed by atoms with Crippen LogP contribution in [0.2, 0.25) is 0 Å². The summed E-state index contributed by atoms with van der Waals surface area (Å²) in [4.78, 5) is 12.1. The third kappa shape index (κ3) is 2.29. The van der Waals surface area contributed by atoms with E-state index in [1.807, 2.05) is 0 Å². The van der Waals surface area contributed by atoms with Crippen molar-refractivity contribution in [3.63, 3.8) is 0 Å². The molecule has 0 aliphatic heterocycles. The van der Waals surface area contributed by atoms with Crippen LogP contribution in [0.1, 0.15) is 53.9 Å². The number of carbonyl (C=O) groups is 1. The van der Waals surface area contributed by atoms with Gasteiger partial charge in [0.2, 0.25) is 0 Å². The molecule has 1 amide bonds. The van der Waals surface area contributed by atoms with Crippen molar-refractivity contribution in [2.24, 2.45) is 5.41 Å². The first-order chi connectivity index (χ1) is 10.2. The van der Waals surface area contributed by atoms with Crippen molar-refractivity contribution in [1.82, 2.24) is 10.5 Å². The van der Waals surface area contributed by atoms with E-state index in [2.05, 4.69) is 15.0 Å². The summed E-state index contributed by atoms with van der Waals surface area (Å²) in [6, 6.07) is 0. The summed E-state index contributed by atoms with van der Waals surface area (Å²) in [5.74, 6) is -2.24. The lowest BCUT2D eigenvalue weighted by Crippen LogP contribution is -2.51. The molecular weight excluding hydrogens is 301 g/mol. The molecule has 1 heterocycles. The third-order valence-corrected chi connectivity index (χ3v) is 4.96. The molecular formula is C14H17F3N2O3. The minimum absolute atomic E-state index is 0.1000. The Morgan fingerprint density at radius 3 is 2.45 bits per heavy atom. The maximum absolute atomic E-state index is 12.8. The molecule has 2 saturated carbocycles. The minimum atomic E-state index is -4.77. The van der Waals surface area contributed by atoms with Crippen molar-refractivity contribution >= 4 is 5.91 Å². The standard InChI is InChI=1S/C14H17F3N2O3/c1-8-9(10(22-19-8)14(15,16)17)11(20)18-7-12(5-6-12)13(21)3-2-4-13/h21H,2-7H2,1H3,(H,18,20). The zero-order chi connectivity index (χ0) is 16.2. The van der Waals surface area contributed by atoms with Gasteiger partial charge >= 0.3 is 6.18 Å². The molecule has 0 saturated heterocycles. The number of amides is 1. The van der Waals surface area contributed by atoms with Crippen LogP contribution in [0, 0.1) is 12.3 Å². The summed E-state index contributed by atoms with van der Waals surface area (Å²) in [5.41, 5.74) is -1.85. The van der Waals surface area contributed by atoms with Crippen LogP contribution < -0.4 is 5.32 Å². The van der Waals surface area contributed by atoms with Crippen LogP contribution in [0.3, 0.4) is 0 Å². The van der Waals surface area contributed by atoms with Gasteiger partial charge in [-0.15, -0.1) is 0 Å². The molecule has 2 fully saturated rings. The predicted octanol–water partition coefficient (Wildman–Crippen LogP) is 2.43. The molecule has 1 aromatic heterocycles. The van der Waals surface area contributed by atoms with Gasteiger partial charge in [0.1, 0.15) is 5.56 Å². The summed E-state index contributed by atoms with van der Waals surface area (Å²) in [6.07, 6.45) is -0.907. The molecule has 8 heteroatoms. The van der Waals surface area contributed by atoms with Gasteiger partial charge in [-0.1, -0.05) is 5.16 Å². The number of nitrogens with one attached hydrogen (secondary N) is 1. The van der Waals surface area contributed by atoms with E-state index in [4.69, 9.17) is 0 Å². The minimum Gasteiger partial charge on any atom is -0.389 e. The Balaban J connectivity index is 1.72. The topological polar surface area (TPSA) is 75.4 Å². The molecule has 5 nitrogen and oxygen atoms in total. The van der Waals surface area contributed by atoms with Crippen LogP contribution in [0.5, 0.6) is 0 Å². The maximum Gasteiger partial charge on any atom is 0.453 e. The fourth-order valence-electron chi connectivity index (χ4n) is 3.17. The van der Waals surface area contributed by atoms with Crippen LogP contribution in [0.15, 0.2) is 4.52 Å². The summed E-state index contributed by atoms with van der Waals surface area (Å²) in [7, 11) is 0. The number of alkyl halides is 3. The monoisotopic (exact) mass is 318 g/mol. The highest BCUT2D eigenvalue weighted by molar-refractivity contribution is 5.96. The van der Waals surface area contributed by atoms with E-state index in [9.17, 15) is 23.1 Å². The zero-order valence-electron chi connectivity index (χ0n) is 12.1. The lowest BCUT2D eigenvalue weighted by atomic mass is 9.69. The largest absolute Gasteiger partial charge is 0.453 e. The SMILES string of the molecule is Cc1noc(C(F)(F)F)c1C(=O)NCC1(C2(O)CCC2)CC1. The molecule has 122 valence electrons. The van der Waals surface area contributed by atoms with Crippen molar-refractivity contribution in [2.45, 2.75) is 50.8 Å². The van der Waals surface area contributed by atoms with Crippen LogP contribution in [-0.2, 0) is 6.18 Å². The highest BCUT2D eigenvalue weighted by atomic mass is 19.4. The van der Waals surface area contributed by atoms with Gasteiger partial charge in [-0.05, 0) is 39.0 Å². The molecule has 2 N–H and O–H groups in total. The normalized spacial score (nSPS) is 22.0. The molecule has 0 bridgehead atoms. The summed E-state index contributed by atoms with van der Waals surface area (Å²) < 4.78 is 42.7. The number of halogens is 3. The number of rotatable bonds is 4. The Morgan fingerprint density at radius 1 is 1.36 bits per heavy atom. The van der Waals surface area contributed by atoms with E-state index >= 15 is 0 Å². The van der Waals surface area contributed by atoms with Crippen molar-refractivity contribution in [2.75, 3.05) is 6.54 Å². The van der Waals surface area contributed by atoms with Crippen molar-refractivity contribution in [1.29, 1.82) is 0 Å². The molecule has 1 aromatic rings. The van der Waals surface area contributed by atoms with Gasteiger partial charge in [-0.25, -0.2) is 0 Å². The van der Waals surface area contributed by atoms with E-state index in [1.54, 1.807) is 0 Å². The fraction of sp³-hybridized carbons (Fsp3) is 0.714. The van der Waals surface area contributed by atoms with Gasteiger partial charge in [0.05, 0.1) is 11.3 Å². The average Bonchev–Trinajstić information content (AvgIpc) is 3.08. The Morgan fingerprint density at radius 2 is 2.00 bits per heavy atom. The average molecular weight is 318 g/mol. The molecule has 2 aliphatic carbocycles. The quantitative estimate of drug-likeness (QED) is 0.894. The first-order valence-electron chi connectivity index (χ1n) is 7.23. The number of aromatic nitrogens is 1. The Hall–Kier alpha value is -1.57. The Bertz CT molecular complexity index is 601. The molecule has 0 radical (unpaired) electrons. The molecule has 3 rings (SSSR count). The lowest BCUT2D eigenvalue weighted by molar-refractivity contribution is -0.155. The maximum atomic E-state index is 12.8. The van der Waals surface area contributed by atoms with Gasteiger partial charge in [-0.3, -0.25) is 4.79 Å². The van der Waals surface area contributed by atoms with Crippen molar-refractivity contribution in [3.8, 4) is 0 Å². The van der Waals surface area contributed by atoms with Gasteiger partial charge in [-0.2, -0.15) is 13.2 Å². The van der Waals surface area contributed by atoms with Crippen LogP contribution in [-0.4, -0.2) is 28.3 Å². The second-order valence-electron chi connectivity index (χ2n) is 6.32. The lowest BCUT2D eigenvalue weighted by Gasteiger charge is -2.44. The van der Waals surface area contributed by atoms with E-state index in [1.165, 1.54) is 6.92 Å². The Kier molecular flexibility index (Phi) is 3.28. The second-order valence-corrected chi connectivity index (χ2v) is 6.32. The number of aryl methyl sites for hydroxylation is 1. The van der Waals surface area contributed by atoms with Crippen LogP contribution >= 0.6 is 0 Å². The first kappa shape index (κ1) is 15.3. The van der Waals surface area contributed by atoms with E-state index < -0.39 is 29.0 Å². The summed E-state index contributed by atoms with van der Waals surface area (Å²) in [5, 5.41) is 16.2. The van der Waals surface area contributed by atoms with E-state index in [0.29, 0.717) is 12.8 Å². The van der Waals surface area contributed by atoms with E-state index in [0.717, 1.165) is 19.3 Å². The first-order valence-corrected chi connectivity index (χ1v) is 7.23. The molecule has 2 aliphatic rings. The number of nitrogens with zero attached hydrogens (tertiary/aromatic N) is 1. The molecule has 0 spiro atoms. The highest BCUT2D eigenvalue weighted by Gasteiger charge is 2.60. The number of hydrogen-bond donors (Lipinski definition) is 2. The third-order valence-electron chi connectivity index (χ3n) is 4.96. The molecule has 0 unspecified atom stereocenters. The highest BCUT2D eigenvalue weighted by Crippen LogP contribution is 2.60.